The van der Waals surface area contributed by atoms with Crippen LogP contribution in [0, 0.1) is 6.92 Å². The minimum Gasteiger partial charge on any atom is -0.343 e. The monoisotopic (exact) mass is 292 g/mol. The molecule has 0 bridgehead atoms. The maximum absolute atomic E-state index is 12.4. The summed E-state index contributed by atoms with van der Waals surface area (Å²) < 4.78 is 1.65. The van der Waals surface area contributed by atoms with Crippen molar-refractivity contribution < 1.29 is 4.79 Å². The number of hydrogen-bond acceptors (Lipinski definition) is 4. The first kappa shape index (κ1) is 14.7. The lowest BCUT2D eigenvalue weighted by Gasteiger charge is -2.29. The summed E-state index contributed by atoms with van der Waals surface area (Å²) in [5.41, 5.74) is 0.552. The molecule has 6 heteroatoms. The van der Waals surface area contributed by atoms with Crippen LogP contribution in [0.2, 0.25) is 0 Å². The SMILES string of the molecule is CCC(C)(NC(=O)C(C)n1cccn1)c1nc(C)cs1. The van der Waals surface area contributed by atoms with Crippen molar-refractivity contribution in [2.24, 2.45) is 0 Å². The Morgan fingerprint density at radius 3 is 2.85 bits per heavy atom. The van der Waals surface area contributed by atoms with E-state index >= 15 is 0 Å². The Kier molecular flexibility index (Phi) is 4.23. The van der Waals surface area contributed by atoms with E-state index in [1.54, 1.807) is 28.4 Å². The van der Waals surface area contributed by atoms with Crippen LogP contribution in [-0.4, -0.2) is 20.7 Å². The second kappa shape index (κ2) is 5.75. The van der Waals surface area contributed by atoms with Crippen LogP contribution in [0.5, 0.6) is 0 Å². The van der Waals surface area contributed by atoms with Gasteiger partial charge in [0.25, 0.3) is 0 Å². The third-order valence-corrected chi connectivity index (χ3v) is 4.72. The first-order valence-corrected chi connectivity index (χ1v) is 7.58. The highest BCUT2D eigenvalue weighted by molar-refractivity contribution is 7.09. The first-order chi connectivity index (χ1) is 9.46. The van der Waals surface area contributed by atoms with E-state index < -0.39 is 5.54 Å². The molecule has 0 radical (unpaired) electrons. The number of aryl methyl sites for hydroxylation is 1. The molecule has 0 fully saturated rings. The van der Waals surface area contributed by atoms with Gasteiger partial charge < -0.3 is 5.32 Å². The summed E-state index contributed by atoms with van der Waals surface area (Å²) in [7, 11) is 0. The standard InChI is InChI=1S/C14H20N4OS/c1-5-14(4,13-16-10(2)9-20-13)17-12(19)11(3)18-8-6-7-15-18/h6-9,11H,5H2,1-4H3,(H,17,19). The fraction of sp³-hybridized carbons (Fsp3) is 0.500. The van der Waals surface area contributed by atoms with Crippen LogP contribution in [0.25, 0.3) is 0 Å². The average molecular weight is 292 g/mol. The minimum absolute atomic E-state index is 0.0501. The van der Waals surface area contributed by atoms with Crippen LogP contribution in [0.1, 0.15) is 43.9 Å². The van der Waals surface area contributed by atoms with Crippen molar-refractivity contribution in [2.75, 3.05) is 0 Å². The van der Waals surface area contributed by atoms with E-state index in [2.05, 4.69) is 22.3 Å². The maximum Gasteiger partial charge on any atom is 0.245 e. The molecule has 2 aromatic heterocycles. The molecule has 0 spiro atoms. The highest BCUT2D eigenvalue weighted by Gasteiger charge is 2.31. The summed E-state index contributed by atoms with van der Waals surface area (Å²) in [4.78, 5) is 16.9. The molecule has 1 N–H and O–H groups in total. The fourth-order valence-corrected chi connectivity index (χ4v) is 2.89. The van der Waals surface area contributed by atoms with Crippen LogP contribution in [0.3, 0.4) is 0 Å². The van der Waals surface area contributed by atoms with Gasteiger partial charge in [-0.05, 0) is 33.3 Å². The predicted molar refractivity (Wildman–Crippen MR) is 79.6 cm³/mol. The van der Waals surface area contributed by atoms with Crippen LogP contribution >= 0.6 is 11.3 Å². The quantitative estimate of drug-likeness (QED) is 0.921. The van der Waals surface area contributed by atoms with E-state index in [4.69, 9.17) is 0 Å². The second-order valence-corrected chi connectivity index (χ2v) is 5.99. The topological polar surface area (TPSA) is 59.8 Å². The molecule has 2 heterocycles. The van der Waals surface area contributed by atoms with E-state index in [0.717, 1.165) is 17.1 Å². The summed E-state index contributed by atoms with van der Waals surface area (Å²) in [6.07, 6.45) is 4.26. The number of carbonyl (C=O) groups is 1. The number of nitrogens with one attached hydrogen (secondary N) is 1. The van der Waals surface area contributed by atoms with Crippen molar-refractivity contribution in [3.05, 3.63) is 34.5 Å². The van der Waals surface area contributed by atoms with Gasteiger partial charge in [0.1, 0.15) is 11.0 Å². The van der Waals surface area contributed by atoms with Crippen LogP contribution in [0.4, 0.5) is 0 Å². The van der Waals surface area contributed by atoms with Crippen molar-refractivity contribution in [1.82, 2.24) is 20.1 Å². The minimum atomic E-state index is -0.433. The highest BCUT2D eigenvalue weighted by Crippen LogP contribution is 2.28. The first-order valence-electron chi connectivity index (χ1n) is 6.70. The van der Waals surface area contributed by atoms with Gasteiger partial charge in [0.2, 0.25) is 5.91 Å². The van der Waals surface area contributed by atoms with Gasteiger partial charge in [-0.2, -0.15) is 5.10 Å². The summed E-state index contributed by atoms with van der Waals surface area (Å²) >= 11 is 1.58. The van der Waals surface area contributed by atoms with Gasteiger partial charge in [-0.3, -0.25) is 9.48 Å². The molecular weight excluding hydrogens is 272 g/mol. The van der Waals surface area contributed by atoms with E-state index in [1.807, 2.05) is 32.2 Å². The highest BCUT2D eigenvalue weighted by atomic mass is 32.1. The van der Waals surface area contributed by atoms with Crippen molar-refractivity contribution in [1.29, 1.82) is 0 Å². The zero-order valence-corrected chi connectivity index (χ0v) is 13.1. The van der Waals surface area contributed by atoms with Gasteiger partial charge in [-0.1, -0.05) is 6.92 Å². The van der Waals surface area contributed by atoms with E-state index in [9.17, 15) is 4.79 Å². The van der Waals surface area contributed by atoms with E-state index in [1.165, 1.54) is 0 Å². The number of amides is 1. The molecule has 108 valence electrons. The Morgan fingerprint density at radius 2 is 2.35 bits per heavy atom. The molecule has 20 heavy (non-hydrogen) atoms. The number of rotatable bonds is 5. The third kappa shape index (κ3) is 2.90. The molecule has 0 aliphatic heterocycles. The summed E-state index contributed by atoms with van der Waals surface area (Å²) in [6.45, 7) is 7.87. The lowest BCUT2D eigenvalue weighted by atomic mass is 9.99. The molecule has 0 aliphatic rings. The number of aromatic nitrogens is 3. The lowest BCUT2D eigenvalue weighted by molar-refractivity contribution is -0.126. The summed E-state index contributed by atoms with van der Waals surface area (Å²) in [5.74, 6) is -0.0501. The molecule has 2 atom stereocenters. The summed E-state index contributed by atoms with van der Waals surface area (Å²) in [5, 5.41) is 10.2. The summed E-state index contributed by atoms with van der Waals surface area (Å²) in [6, 6.07) is 1.48. The van der Waals surface area contributed by atoms with Gasteiger partial charge in [0.15, 0.2) is 0 Å². The zero-order valence-electron chi connectivity index (χ0n) is 12.3. The van der Waals surface area contributed by atoms with Crippen molar-refractivity contribution >= 4 is 17.2 Å². The smallest absolute Gasteiger partial charge is 0.245 e. The molecule has 2 rings (SSSR count). The maximum atomic E-state index is 12.4. The van der Waals surface area contributed by atoms with Gasteiger partial charge in [-0.25, -0.2) is 4.98 Å². The predicted octanol–water partition coefficient (Wildman–Crippen LogP) is 2.65. The Balaban J connectivity index is 2.15. The Labute approximate surface area is 123 Å². The average Bonchev–Trinajstić information content (AvgIpc) is 3.08. The number of carbonyl (C=O) groups excluding carboxylic acids is 1. The zero-order chi connectivity index (χ0) is 14.8. The van der Waals surface area contributed by atoms with Crippen molar-refractivity contribution in [2.45, 2.75) is 45.7 Å². The molecule has 0 aliphatic carbocycles. The van der Waals surface area contributed by atoms with Gasteiger partial charge in [0, 0.05) is 23.5 Å². The molecule has 2 aromatic rings. The number of nitrogens with zero attached hydrogens (tertiary/aromatic N) is 3. The molecule has 0 saturated heterocycles. The van der Waals surface area contributed by atoms with Gasteiger partial charge in [0.05, 0.1) is 5.54 Å². The molecule has 0 aromatic carbocycles. The normalized spacial score (nSPS) is 15.6. The molecule has 2 unspecified atom stereocenters. The van der Waals surface area contributed by atoms with Crippen LogP contribution in [-0.2, 0) is 10.3 Å². The number of thiazole rings is 1. The largest absolute Gasteiger partial charge is 0.343 e. The second-order valence-electron chi connectivity index (χ2n) is 5.13. The Hall–Kier alpha value is -1.69. The Bertz CT molecular complexity index is 578. The molecule has 5 nitrogen and oxygen atoms in total. The van der Waals surface area contributed by atoms with E-state index in [-0.39, 0.29) is 11.9 Å². The number of hydrogen-bond donors (Lipinski definition) is 1. The fourth-order valence-electron chi connectivity index (χ4n) is 1.91. The third-order valence-electron chi connectivity index (χ3n) is 3.50. The van der Waals surface area contributed by atoms with Gasteiger partial charge >= 0.3 is 0 Å². The van der Waals surface area contributed by atoms with Crippen molar-refractivity contribution in [3.8, 4) is 0 Å². The Morgan fingerprint density at radius 1 is 1.60 bits per heavy atom. The molecule has 0 saturated carbocycles. The van der Waals surface area contributed by atoms with Crippen LogP contribution in [0.15, 0.2) is 23.8 Å². The molecular formula is C14H20N4OS. The van der Waals surface area contributed by atoms with Crippen LogP contribution < -0.4 is 5.32 Å². The molecule has 1 amide bonds. The van der Waals surface area contributed by atoms with E-state index in [0.29, 0.717) is 0 Å². The van der Waals surface area contributed by atoms with Gasteiger partial charge in [-0.15, -0.1) is 11.3 Å². The lowest BCUT2D eigenvalue weighted by Crippen LogP contribution is -2.45. The van der Waals surface area contributed by atoms with Crippen molar-refractivity contribution in [3.63, 3.8) is 0 Å².